The van der Waals surface area contributed by atoms with Crippen molar-refractivity contribution in [3.05, 3.63) is 0 Å². The summed E-state index contributed by atoms with van der Waals surface area (Å²) in [6, 6.07) is 0. The molecule has 2 heterocycles. The highest BCUT2D eigenvalue weighted by Gasteiger charge is 2.58. The summed E-state index contributed by atoms with van der Waals surface area (Å²) >= 11 is 0. The lowest BCUT2D eigenvalue weighted by Crippen LogP contribution is -2.69. The summed E-state index contributed by atoms with van der Waals surface area (Å²) in [7, 11) is -5.69. The number of phosphoric ester groups is 1. The maximum atomic E-state index is 14.3. The second-order valence-electron chi connectivity index (χ2n) is 28.1. The van der Waals surface area contributed by atoms with Crippen LogP contribution in [-0.4, -0.2) is 204 Å². The van der Waals surface area contributed by atoms with Crippen LogP contribution in [0.2, 0.25) is 0 Å². The quantitative estimate of drug-likeness (QED) is 0.0117. The number of hydrogen-bond acceptors (Lipinski definition) is 23. The first-order valence-corrected chi connectivity index (χ1v) is 40.3. The Hall–Kier alpha value is -2.04. The fourth-order valence-electron chi connectivity index (χ4n) is 13.1. The third-order valence-electron chi connectivity index (χ3n) is 19.4. The minimum absolute atomic E-state index is 0.0328. The minimum Gasteiger partial charge on any atom is -0.463 e. The van der Waals surface area contributed by atoms with E-state index in [1.54, 1.807) is 0 Å². The lowest BCUT2D eigenvalue weighted by molar-refractivity contribution is -0.360. The number of aliphatic hydroxyl groups excluding tert-OH is 10. The van der Waals surface area contributed by atoms with Gasteiger partial charge in [-0.1, -0.05) is 278 Å². The van der Waals surface area contributed by atoms with Crippen molar-refractivity contribution in [2.24, 2.45) is 0 Å². The van der Waals surface area contributed by atoms with E-state index < -0.39 is 156 Å². The van der Waals surface area contributed by atoms with Gasteiger partial charge in [0.1, 0.15) is 98.7 Å². The van der Waals surface area contributed by atoms with Gasteiger partial charge in [0.25, 0.3) is 0 Å². The molecule has 578 valence electrons. The summed E-state index contributed by atoms with van der Waals surface area (Å²) in [5, 5.41) is 110. The molecule has 18 atom stereocenters. The molecule has 0 radical (unpaired) electrons. The predicted octanol–water partition coefficient (Wildman–Crippen LogP) is 11.0. The predicted molar refractivity (Wildman–Crippen MR) is 370 cm³/mol. The molecule has 11 N–H and O–H groups in total. The van der Waals surface area contributed by atoms with E-state index in [9.17, 15) is 74.9 Å². The lowest BCUT2D eigenvalue weighted by Gasteiger charge is -2.49. The van der Waals surface area contributed by atoms with Crippen molar-refractivity contribution in [2.75, 3.05) is 26.4 Å². The zero-order valence-electron chi connectivity index (χ0n) is 60.3. The van der Waals surface area contributed by atoms with Crippen molar-refractivity contribution in [3.63, 3.8) is 0 Å². The molecule has 25 heteroatoms. The van der Waals surface area contributed by atoms with Crippen molar-refractivity contribution in [3.8, 4) is 0 Å². The largest absolute Gasteiger partial charge is 0.472 e. The molecule has 18 unspecified atom stereocenters. The summed E-state index contributed by atoms with van der Waals surface area (Å²) in [5.41, 5.74) is 0. The summed E-state index contributed by atoms with van der Waals surface area (Å²) < 4.78 is 65.1. The van der Waals surface area contributed by atoms with E-state index in [0.717, 1.165) is 96.3 Å². The smallest absolute Gasteiger partial charge is 0.463 e. The van der Waals surface area contributed by atoms with Crippen LogP contribution in [0.25, 0.3) is 0 Å². The molecule has 2 saturated heterocycles. The van der Waals surface area contributed by atoms with Crippen molar-refractivity contribution >= 4 is 25.7 Å². The zero-order chi connectivity index (χ0) is 71.8. The highest BCUT2D eigenvalue weighted by Crippen LogP contribution is 2.49. The second-order valence-corrected chi connectivity index (χ2v) is 29.5. The minimum atomic E-state index is -5.69. The molecule has 0 aromatic carbocycles. The molecule has 3 fully saturated rings. The van der Waals surface area contributed by atoms with Gasteiger partial charge in [0.2, 0.25) is 0 Å². The van der Waals surface area contributed by atoms with Crippen LogP contribution in [0.1, 0.15) is 316 Å². The third-order valence-corrected chi connectivity index (χ3v) is 20.4. The van der Waals surface area contributed by atoms with E-state index in [0.29, 0.717) is 19.3 Å². The van der Waals surface area contributed by atoms with Crippen molar-refractivity contribution in [1.29, 1.82) is 0 Å². The lowest BCUT2D eigenvalue weighted by atomic mass is 9.84. The normalized spacial score (nSPS) is 27.6. The van der Waals surface area contributed by atoms with Gasteiger partial charge in [-0.15, -0.1) is 0 Å². The van der Waals surface area contributed by atoms with Gasteiger partial charge < -0.3 is 89.1 Å². The Bertz CT molecular complexity index is 2030. The SMILES string of the molecule is CCCCCCCCCCCCCCCCCCCC(=O)OC(COC(=O)CCCCCCCCCCCCC)COP(=O)(O)OC1C(OC2OC(CO)C(O)C(O)C2O)C(O)C(O)C(O)C1OC1OC(COC(=O)CCCCCCCCCCCCCCCCC)C(O)C(O)C1O. The van der Waals surface area contributed by atoms with Gasteiger partial charge in [-0.3, -0.25) is 23.4 Å². The van der Waals surface area contributed by atoms with E-state index >= 15 is 0 Å². The molecular weight excluding hydrogens is 1290 g/mol. The number of phosphoric acid groups is 1. The van der Waals surface area contributed by atoms with E-state index in [1.165, 1.54) is 161 Å². The maximum Gasteiger partial charge on any atom is 0.472 e. The second kappa shape index (κ2) is 55.4. The Morgan fingerprint density at radius 1 is 0.357 bits per heavy atom. The first-order valence-electron chi connectivity index (χ1n) is 38.8. The number of esters is 3. The fourth-order valence-corrected chi connectivity index (χ4v) is 14.0. The van der Waals surface area contributed by atoms with Gasteiger partial charge in [0.15, 0.2) is 18.7 Å². The first-order chi connectivity index (χ1) is 47.3. The van der Waals surface area contributed by atoms with Crippen LogP contribution in [0.4, 0.5) is 0 Å². The van der Waals surface area contributed by atoms with E-state index in [1.807, 2.05) is 0 Å². The molecule has 98 heavy (non-hydrogen) atoms. The monoisotopic (exact) mass is 1430 g/mol. The van der Waals surface area contributed by atoms with Gasteiger partial charge in [-0.05, 0) is 19.3 Å². The molecule has 0 aromatic heterocycles. The van der Waals surface area contributed by atoms with Gasteiger partial charge in [-0.2, -0.15) is 0 Å². The fraction of sp³-hybridized carbons (Fsp3) is 0.959. The Morgan fingerprint density at radius 3 is 1.00 bits per heavy atom. The first kappa shape index (κ1) is 90.2. The van der Waals surface area contributed by atoms with Gasteiger partial charge in [-0.25, -0.2) is 4.57 Å². The average Bonchev–Trinajstić information content (AvgIpc) is 0.761. The Morgan fingerprint density at radius 2 is 0.653 bits per heavy atom. The van der Waals surface area contributed by atoms with Crippen molar-refractivity contribution < 1.29 is 117 Å². The van der Waals surface area contributed by atoms with Crippen LogP contribution >= 0.6 is 7.82 Å². The number of carbonyl (C=O) groups excluding carboxylic acids is 3. The molecule has 0 amide bonds. The molecule has 2 aliphatic heterocycles. The number of carbonyl (C=O) groups is 3. The molecule has 1 aliphatic carbocycles. The topological polar surface area (TPSA) is 374 Å². The molecule has 0 aromatic rings. The number of hydrogen-bond donors (Lipinski definition) is 11. The van der Waals surface area contributed by atoms with Crippen LogP contribution in [-0.2, 0) is 61.2 Å². The van der Waals surface area contributed by atoms with Crippen LogP contribution < -0.4 is 0 Å². The number of unbranched alkanes of at least 4 members (excludes halogenated alkanes) is 40. The molecule has 3 rings (SSSR count). The van der Waals surface area contributed by atoms with E-state index in [2.05, 4.69) is 20.8 Å². The van der Waals surface area contributed by atoms with Crippen LogP contribution in [0.15, 0.2) is 0 Å². The van der Waals surface area contributed by atoms with Crippen LogP contribution in [0.5, 0.6) is 0 Å². The van der Waals surface area contributed by atoms with Gasteiger partial charge in [0.05, 0.1) is 13.2 Å². The van der Waals surface area contributed by atoms with Crippen molar-refractivity contribution in [1.82, 2.24) is 0 Å². The number of aliphatic hydroxyl groups is 10. The average molecular weight is 1430 g/mol. The summed E-state index contributed by atoms with van der Waals surface area (Å²) in [6.45, 7) is 3.47. The molecule has 1 saturated carbocycles. The molecule has 3 aliphatic rings. The van der Waals surface area contributed by atoms with Crippen LogP contribution in [0.3, 0.4) is 0 Å². The molecule has 24 nitrogen and oxygen atoms in total. The number of rotatable bonds is 61. The van der Waals surface area contributed by atoms with E-state index in [-0.39, 0.29) is 19.3 Å². The Kier molecular flexibility index (Phi) is 51.0. The Balaban J connectivity index is 1.71. The number of ether oxygens (including phenoxy) is 7. The molecule has 0 bridgehead atoms. The maximum absolute atomic E-state index is 14.3. The molecular formula is C73H137O24P. The standard InChI is InChI=1S/C73H137O24P/c1-4-7-10-13-16-19-22-24-26-27-29-31-34-37-40-43-46-49-59(77)92-54(51-89-57(75)47-44-41-38-35-32-21-18-15-12-9-6-3)52-91-98(87,88)97-71-69(95-72-67(85)62(80)60(78)55(50-74)93-72)65(83)64(82)66(84)70(71)96-73-68(86)63(81)61(79)56(94-73)53-90-58(76)48-45-42-39-36-33-30-28-25-23-20-17-14-11-8-5-2/h54-56,60-74,78-86H,4-53H2,1-3H3,(H,87,88). The molecule has 0 spiro atoms. The van der Waals surface area contributed by atoms with Crippen molar-refractivity contribution in [2.45, 2.75) is 420 Å². The van der Waals surface area contributed by atoms with Gasteiger partial charge >= 0.3 is 25.7 Å². The Labute approximate surface area is 587 Å². The highest BCUT2D eigenvalue weighted by molar-refractivity contribution is 7.47. The highest BCUT2D eigenvalue weighted by atomic mass is 31.2. The van der Waals surface area contributed by atoms with Gasteiger partial charge in [0, 0.05) is 19.3 Å². The van der Waals surface area contributed by atoms with E-state index in [4.69, 9.17) is 42.2 Å². The summed E-state index contributed by atoms with van der Waals surface area (Å²) in [5.74, 6) is -1.97. The summed E-state index contributed by atoms with van der Waals surface area (Å²) in [4.78, 5) is 51.0. The third kappa shape index (κ3) is 38.1. The summed E-state index contributed by atoms with van der Waals surface area (Å²) in [6.07, 6.45) is 13.1. The zero-order valence-corrected chi connectivity index (χ0v) is 61.2. The van der Waals surface area contributed by atoms with Crippen LogP contribution in [0, 0.1) is 0 Å².